The molecule has 3 aliphatic heterocycles. The summed E-state index contributed by atoms with van der Waals surface area (Å²) < 4.78 is 56.0. The van der Waals surface area contributed by atoms with E-state index in [9.17, 15) is 9.50 Å². The van der Waals surface area contributed by atoms with E-state index in [1.54, 1.807) is 6.07 Å². The lowest BCUT2D eigenvalue weighted by Gasteiger charge is -2.34. The number of likely N-dealkylation sites (tertiary alicyclic amines) is 1. The van der Waals surface area contributed by atoms with E-state index in [1.807, 2.05) is 6.92 Å². The first-order valence-corrected chi connectivity index (χ1v) is 15.9. The van der Waals surface area contributed by atoms with Gasteiger partial charge in [0.2, 0.25) is 0 Å². The molecular formula is C34H38F2N6O2. The molecule has 2 aromatic carbocycles. The molecule has 4 aromatic rings. The van der Waals surface area contributed by atoms with Gasteiger partial charge in [0.25, 0.3) is 0 Å². The zero-order valence-electron chi connectivity index (χ0n) is 26.9. The smallest absolute Gasteiger partial charge is 0.319 e. The Kier molecular flexibility index (Phi) is 6.28. The van der Waals surface area contributed by atoms with Crippen LogP contribution in [0.15, 0.2) is 30.5 Å². The number of aromatic hydroxyl groups is 1. The second kappa shape index (κ2) is 10.8. The summed E-state index contributed by atoms with van der Waals surface area (Å²) >= 11 is 0. The van der Waals surface area contributed by atoms with Crippen molar-refractivity contribution in [2.75, 3.05) is 44.2 Å². The maximum Gasteiger partial charge on any atom is 0.319 e. The average Bonchev–Trinajstić information content (AvgIpc) is 3.51. The first-order chi connectivity index (χ1) is 22.1. The second-order valence-corrected chi connectivity index (χ2v) is 13.0. The highest BCUT2D eigenvalue weighted by atomic mass is 19.1. The number of aromatic nitrogens is 3. The third-order valence-corrected chi connectivity index (χ3v) is 9.86. The summed E-state index contributed by atoms with van der Waals surface area (Å²) in [4.78, 5) is 18.2. The van der Waals surface area contributed by atoms with Gasteiger partial charge in [-0.3, -0.25) is 4.98 Å². The molecule has 0 spiro atoms. The van der Waals surface area contributed by atoms with Gasteiger partial charge in [0.15, 0.2) is 5.82 Å². The van der Waals surface area contributed by atoms with Crippen LogP contribution >= 0.6 is 0 Å². The third kappa shape index (κ3) is 4.92. The number of aryl methyl sites for hydroxylation is 1. The van der Waals surface area contributed by atoms with Crippen molar-refractivity contribution < 1.29 is 21.4 Å². The molecule has 3 saturated heterocycles. The molecule has 2 N–H and O–H groups in total. The molecule has 5 heterocycles. The van der Waals surface area contributed by atoms with Crippen molar-refractivity contribution in [1.29, 1.82) is 0 Å². The summed E-state index contributed by atoms with van der Waals surface area (Å²) in [5.41, 5.74) is -0.153. The molecule has 8 rings (SSSR count). The van der Waals surface area contributed by atoms with Crippen LogP contribution in [0.4, 0.5) is 14.6 Å². The van der Waals surface area contributed by atoms with Gasteiger partial charge in [-0.1, -0.05) is 13.0 Å². The molecule has 0 radical (unpaired) electrons. The fourth-order valence-electron chi connectivity index (χ4n) is 7.46. The first-order valence-electron chi connectivity index (χ1n) is 16.9. The molecule has 0 amide bonds. The van der Waals surface area contributed by atoms with E-state index >= 15 is 4.39 Å². The first kappa shape index (κ1) is 25.7. The van der Waals surface area contributed by atoms with Crippen LogP contribution in [0.2, 0.25) is 0 Å². The molecule has 44 heavy (non-hydrogen) atoms. The number of pyridine rings is 1. The van der Waals surface area contributed by atoms with Crippen molar-refractivity contribution in [3.63, 3.8) is 0 Å². The summed E-state index contributed by atoms with van der Waals surface area (Å²) in [6.07, 6.45) is 7.57. The van der Waals surface area contributed by atoms with Crippen molar-refractivity contribution in [2.24, 2.45) is 5.41 Å². The Bertz CT molecular complexity index is 1840. The topological polar surface area (TPSA) is 86.6 Å². The third-order valence-electron chi connectivity index (χ3n) is 9.86. The Morgan fingerprint density at radius 3 is 2.61 bits per heavy atom. The number of ether oxygens (including phenoxy) is 1. The van der Waals surface area contributed by atoms with E-state index < -0.39 is 23.6 Å². The minimum Gasteiger partial charge on any atom is -0.508 e. The van der Waals surface area contributed by atoms with Crippen LogP contribution in [0.25, 0.3) is 32.9 Å². The number of piperazine rings is 1. The predicted molar refractivity (Wildman–Crippen MR) is 166 cm³/mol. The van der Waals surface area contributed by atoms with Gasteiger partial charge in [-0.05, 0) is 92.6 Å². The molecular weight excluding hydrogens is 562 g/mol. The van der Waals surface area contributed by atoms with E-state index in [0.717, 1.165) is 38.8 Å². The fraction of sp³-hybridized carbons (Fsp3) is 0.500. The summed E-state index contributed by atoms with van der Waals surface area (Å²) in [6.45, 7) is 3.59. The molecule has 1 aliphatic carbocycles. The van der Waals surface area contributed by atoms with Crippen molar-refractivity contribution in [3.8, 4) is 23.0 Å². The number of hydrogen-bond acceptors (Lipinski definition) is 8. The Hall–Kier alpha value is -3.63. The molecule has 2 bridgehead atoms. The number of phenolic OH excluding ortho intramolecular Hbond substituents is 1. The number of anilines is 1. The molecule has 1 saturated carbocycles. The Labute approximate surface area is 258 Å². The van der Waals surface area contributed by atoms with Crippen LogP contribution in [-0.4, -0.2) is 76.3 Å². The van der Waals surface area contributed by atoms with Gasteiger partial charge in [-0.15, -0.1) is 0 Å². The van der Waals surface area contributed by atoms with Gasteiger partial charge >= 0.3 is 6.01 Å². The maximum absolute atomic E-state index is 16.9. The number of nitrogens with one attached hydrogen (secondary N) is 1. The molecule has 4 aliphatic rings. The van der Waals surface area contributed by atoms with Crippen LogP contribution < -0.4 is 15.0 Å². The highest BCUT2D eigenvalue weighted by Gasteiger charge is 2.45. The molecule has 2 atom stereocenters. The van der Waals surface area contributed by atoms with Crippen molar-refractivity contribution in [2.45, 2.75) is 64.0 Å². The van der Waals surface area contributed by atoms with Crippen LogP contribution in [0.5, 0.6) is 11.8 Å². The highest BCUT2D eigenvalue weighted by Crippen LogP contribution is 2.47. The monoisotopic (exact) mass is 602 g/mol. The van der Waals surface area contributed by atoms with Gasteiger partial charge in [0.05, 0.1) is 14.7 Å². The summed E-state index contributed by atoms with van der Waals surface area (Å²) in [7, 11) is 0. The van der Waals surface area contributed by atoms with Gasteiger partial charge in [-0.2, -0.15) is 9.97 Å². The van der Waals surface area contributed by atoms with Crippen LogP contribution in [0, 0.1) is 17.0 Å². The number of hydrogen-bond donors (Lipinski definition) is 2. The lowest BCUT2D eigenvalue weighted by atomic mass is 9.94. The molecule has 4 fully saturated rings. The van der Waals surface area contributed by atoms with E-state index in [2.05, 4.69) is 25.1 Å². The van der Waals surface area contributed by atoms with Gasteiger partial charge in [0.1, 0.15) is 28.6 Å². The van der Waals surface area contributed by atoms with Crippen molar-refractivity contribution in [3.05, 3.63) is 47.7 Å². The van der Waals surface area contributed by atoms with E-state index in [1.165, 1.54) is 24.4 Å². The summed E-state index contributed by atoms with van der Waals surface area (Å²) in [5.74, 6) is -0.817. The SMILES string of the molecule is [2H]C([2H])(Oc1nc(N2C[C@H]3CC[C@@H](C2)N3)c2cnc(-c3cc(O)cc4ccc(F)c(CC)c34)c(F)c2n1)C1(CN2CCCC2)CC1. The Balaban J connectivity index is 1.27. The van der Waals surface area contributed by atoms with Crippen LogP contribution in [-0.2, 0) is 6.42 Å². The zero-order valence-corrected chi connectivity index (χ0v) is 24.9. The van der Waals surface area contributed by atoms with Crippen molar-refractivity contribution in [1.82, 2.24) is 25.2 Å². The number of halogens is 2. The van der Waals surface area contributed by atoms with Gasteiger partial charge in [-0.25, -0.2) is 8.78 Å². The molecule has 0 unspecified atom stereocenters. The Morgan fingerprint density at radius 2 is 1.89 bits per heavy atom. The van der Waals surface area contributed by atoms with E-state index in [4.69, 9.17) is 12.5 Å². The van der Waals surface area contributed by atoms with Crippen molar-refractivity contribution >= 4 is 27.5 Å². The standard InChI is InChI=1S/C34H38F2N6O2/c1-2-24-27(35)8-5-20-13-23(43)14-25(28(20)24)30-29(36)31-26(15-37-30)32(42-16-21-6-7-22(17-42)38-21)40-33(39-31)44-19-34(9-10-34)18-41-11-3-4-12-41/h5,8,13-15,21-22,38,43H,2-4,6-7,9-12,16-19H2,1H3/t21-,22+/i19D2. The Morgan fingerprint density at radius 1 is 1.11 bits per heavy atom. The average molecular weight is 603 g/mol. The zero-order chi connectivity index (χ0) is 31.8. The number of nitrogens with zero attached hydrogens (tertiary/aromatic N) is 5. The largest absolute Gasteiger partial charge is 0.508 e. The number of benzene rings is 2. The summed E-state index contributed by atoms with van der Waals surface area (Å²) in [5, 5.41) is 15.6. The quantitative estimate of drug-likeness (QED) is 0.270. The van der Waals surface area contributed by atoms with Gasteiger partial charge in [0, 0.05) is 48.9 Å². The van der Waals surface area contributed by atoms with Crippen LogP contribution in [0.1, 0.15) is 53.8 Å². The normalized spacial score (nSPS) is 23.8. The number of fused-ring (bicyclic) bond motifs is 4. The lowest BCUT2D eigenvalue weighted by Crippen LogP contribution is -2.51. The summed E-state index contributed by atoms with van der Waals surface area (Å²) in [6, 6.07) is 6.17. The number of rotatable bonds is 8. The molecule has 8 nitrogen and oxygen atoms in total. The fourth-order valence-corrected chi connectivity index (χ4v) is 7.46. The predicted octanol–water partition coefficient (Wildman–Crippen LogP) is 5.59. The van der Waals surface area contributed by atoms with E-state index in [-0.39, 0.29) is 40.6 Å². The minimum atomic E-state index is -2.07. The number of phenols is 1. The lowest BCUT2D eigenvalue weighted by molar-refractivity contribution is 0.170. The van der Waals surface area contributed by atoms with E-state index in [0.29, 0.717) is 66.4 Å². The minimum absolute atomic E-state index is 0.0537. The maximum atomic E-state index is 16.9. The van der Waals surface area contributed by atoms with Crippen LogP contribution in [0.3, 0.4) is 0 Å². The molecule has 10 heteroatoms. The second-order valence-electron chi connectivity index (χ2n) is 13.0. The van der Waals surface area contributed by atoms with Gasteiger partial charge < -0.3 is 25.0 Å². The molecule has 230 valence electrons. The highest BCUT2D eigenvalue weighted by molar-refractivity contribution is 6.01. The molecule has 2 aromatic heterocycles.